The van der Waals surface area contributed by atoms with Crippen LogP contribution in [0.25, 0.3) is 0 Å². The number of hydrogen-bond acceptors (Lipinski definition) is 2. The predicted molar refractivity (Wildman–Crippen MR) is 78.6 cm³/mol. The van der Waals surface area contributed by atoms with Crippen molar-refractivity contribution >= 4 is 5.91 Å². The molecule has 1 aliphatic rings. The van der Waals surface area contributed by atoms with E-state index in [1.54, 1.807) is 6.08 Å². The van der Waals surface area contributed by atoms with Gasteiger partial charge in [0, 0.05) is 5.54 Å². The Bertz CT molecular complexity index is 565. The number of β-lactam (4-membered cyclic amide) rings is 1. The van der Waals surface area contributed by atoms with Crippen LogP contribution in [0.3, 0.4) is 0 Å². The molecule has 1 aromatic rings. The van der Waals surface area contributed by atoms with Gasteiger partial charge in [-0.25, -0.2) is 0 Å². The highest BCUT2D eigenvalue weighted by molar-refractivity contribution is 5.94. The van der Waals surface area contributed by atoms with Crippen molar-refractivity contribution in [1.29, 1.82) is 5.26 Å². The Labute approximate surface area is 120 Å². The Morgan fingerprint density at radius 2 is 2.00 bits per heavy atom. The number of benzene rings is 1. The zero-order chi connectivity index (χ0) is 15.0. The molecular weight excluding hydrogens is 248 g/mol. The average Bonchev–Trinajstić information content (AvgIpc) is 2.41. The van der Waals surface area contributed by atoms with Gasteiger partial charge in [-0.3, -0.25) is 4.79 Å². The molecule has 3 heteroatoms. The van der Waals surface area contributed by atoms with Crippen molar-refractivity contribution in [3.8, 4) is 6.07 Å². The van der Waals surface area contributed by atoms with Crippen LogP contribution in [0.2, 0.25) is 0 Å². The molecule has 0 aromatic heterocycles. The van der Waals surface area contributed by atoms with Crippen LogP contribution < -0.4 is 0 Å². The normalized spacial score (nSPS) is 25.8. The molecule has 1 fully saturated rings. The molecule has 1 aromatic carbocycles. The van der Waals surface area contributed by atoms with Gasteiger partial charge in [0.15, 0.2) is 5.41 Å². The molecule has 0 bridgehead atoms. The van der Waals surface area contributed by atoms with Crippen LogP contribution in [-0.4, -0.2) is 16.3 Å². The minimum atomic E-state index is -1.00. The van der Waals surface area contributed by atoms with Crippen molar-refractivity contribution in [2.24, 2.45) is 5.41 Å². The number of rotatable bonds is 3. The van der Waals surface area contributed by atoms with Crippen LogP contribution in [0.4, 0.5) is 0 Å². The van der Waals surface area contributed by atoms with Crippen molar-refractivity contribution < 1.29 is 4.79 Å². The van der Waals surface area contributed by atoms with Gasteiger partial charge < -0.3 is 4.90 Å². The van der Waals surface area contributed by atoms with Gasteiger partial charge in [-0.15, -0.1) is 6.58 Å². The van der Waals surface area contributed by atoms with Crippen molar-refractivity contribution in [2.45, 2.75) is 38.8 Å². The van der Waals surface area contributed by atoms with Crippen LogP contribution in [0.1, 0.15) is 38.8 Å². The summed E-state index contributed by atoms with van der Waals surface area (Å²) < 4.78 is 0. The number of carbonyl (C=O) groups is 1. The zero-order valence-corrected chi connectivity index (χ0v) is 12.3. The van der Waals surface area contributed by atoms with E-state index in [1.165, 1.54) is 0 Å². The second-order valence-corrected chi connectivity index (χ2v) is 6.24. The number of nitrogens with zero attached hydrogens (tertiary/aromatic N) is 2. The second kappa shape index (κ2) is 4.79. The first-order chi connectivity index (χ1) is 9.38. The fraction of sp³-hybridized carbons (Fsp3) is 0.412. The first kappa shape index (κ1) is 14.3. The summed E-state index contributed by atoms with van der Waals surface area (Å²) in [7, 11) is 0. The van der Waals surface area contributed by atoms with E-state index in [2.05, 4.69) is 12.6 Å². The van der Waals surface area contributed by atoms with E-state index in [-0.39, 0.29) is 17.5 Å². The molecule has 2 rings (SSSR count). The van der Waals surface area contributed by atoms with Gasteiger partial charge in [0.1, 0.15) is 0 Å². The van der Waals surface area contributed by atoms with Crippen molar-refractivity contribution in [2.75, 3.05) is 0 Å². The molecule has 0 N–H and O–H groups in total. The van der Waals surface area contributed by atoms with Crippen molar-refractivity contribution in [3.63, 3.8) is 0 Å². The van der Waals surface area contributed by atoms with Gasteiger partial charge in [-0.1, -0.05) is 36.4 Å². The molecule has 0 radical (unpaired) electrons. The fourth-order valence-corrected chi connectivity index (χ4v) is 2.95. The maximum atomic E-state index is 12.6. The van der Waals surface area contributed by atoms with E-state index in [0.29, 0.717) is 6.42 Å². The molecule has 0 unspecified atom stereocenters. The molecule has 1 saturated heterocycles. The third-order valence-electron chi connectivity index (χ3n) is 3.83. The summed E-state index contributed by atoms with van der Waals surface area (Å²) in [5.74, 6) is -0.0961. The van der Waals surface area contributed by atoms with E-state index in [0.717, 1.165) is 5.56 Å². The van der Waals surface area contributed by atoms with Gasteiger partial charge >= 0.3 is 0 Å². The Kier molecular flexibility index (Phi) is 3.43. The molecule has 1 aliphatic heterocycles. The summed E-state index contributed by atoms with van der Waals surface area (Å²) in [5.41, 5.74) is -0.305. The number of allylic oxidation sites excluding steroid dienone is 1. The summed E-state index contributed by atoms with van der Waals surface area (Å²) in [6, 6.07) is 11.8. The molecule has 0 saturated carbocycles. The lowest BCUT2D eigenvalue weighted by Gasteiger charge is -2.58. The Morgan fingerprint density at radius 3 is 2.45 bits per heavy atom. The number of amides is 1. The molecule has 1 heterocycles. The number of nitriles is 1. The zero-order valence-electron chi connectivity index (χ0n) is 12.3. The third kappa shape index (κ3) is 1.92. The van der Waals surface area contributed by atoms with Gasteiger partial charge in [-0.05, 0) is 32.8 Å². The summed E-state index contributed by atoms with van der Waals surface area (Å²) >= 11 is 0. The molecule has 0 spiro atoms. The van der Waals surface area contributed by atoms with Gasteiger partial charge in [0.05, 0.1) is 12.1 Å². The highest BCUT2D eigenvalue weighted by Crippen LogP contribution is 2.54. The third-order valence-corrected chi connectivity index (χ3v) is 3.83. The minimum Gasteiger partial charge on any atom is -0.327 e. The van der Waals surface area contributed by atoms with Crippen molar-refractivity contribution in [1.82, 2.24) is 4.90 Å². The maximum Gasteiger partial charge on any atom is 0.246 e. The molecule has 20 heavy (non-hydrogen) atoms. The second-order valence-electron chi connectivity index (χ2n) is 6.24. The largest absolute Gasteiger partial charge is 0.327 e. The number of carbonyl (C=O) groups excluding carboxylic acids is 1. The fourth-order valence-electron chi connectivity index (χ4n) is 2.95. The van der Waals surface area contributed by atoms with E-state index in [4.69, 9.17) is 0 Å². The Balaban J connectivity index is 2.53. The van der Waals surface area contributed by atoms with E-state index >= 15 is 0 Å². The molecule has 1 amide bonds. The number of likely N-dealkylation sites (tertiary alicyclic amines) is 1. The smallest absolute Gasteiger partial charge is 0.246 e. The molecule has 2 atom stereocenters. The highest BCUT2D eigenvalue weighted by Gasteiger charge is 2.63. The van der Waals surface area contributed by atoms with Crippen LogP contribution in [0.15, 0.2) is 43.0 Å². The Hall–Kier alpha value is -2.08. The lowest BCUT2D eigenvalue weighted by atomic mass is 9.65. The quantitative estimate of drug-likeness (QED) is 0.622. The summed E-state index contributed by atoms with van der Waals surface area (Å²) in [6.45, 7) is 9.69. The van der Waals surface area contributed by atoms with Crippen LogP contribution in [-0.2, 0) is 4.79 Å². The molecule has 104 valence electrons. The highest BCUT2D eigenvalue weighted by atomic mass is 16.2. The first-order valence-corrected chi connectivity index (χ1v) is 6.79. The summed E-state index contributed by atoms with van der Waals surface area (Å²) in [4.78, 5) is 14.4. The van der Waals surface area contributed by atoms with Gasteiger partial charge in [0.2, 0.25) is 5.91 Å². The van der Waals surface area contributed by atoms with E-state index in [9.17, 15) is 10.1 Å². The van der Waals surface area contributed by atoms with Gasteiger partial charge in [0.25, 0.3) is 0 Å². The molecule has 0 aliphatic carbocycles. The molecular formula is C17H20N2O. The Morgan fingerprint density at radius 1 is 1.40 bits per heavy atom. The first-order valence-electron chi connectivity index (χ1n) is 6.79. The summed E-state index contributed by atoms with van der Waals surface area (Å²) in [6.07, 6.45) is 2.05. The minimum absolute atomic E-state index is 0.0961. The average molecular weight is 268 g/mol. The standard InChI is InChI=1S/C17H20N2O/c1-5-11-17(12-18)14(13-9-7-6-8-10-13)19(15(17)20)16(2,3)4/h5-10,14H,1,11H2,2-4H3/t14-,17+/m1/s1. The number of hydrogen-bond donors (Lipinski definition) is 0. The van der Waals surface area contributed by atoms with E-state index in [1.807, 2.05) is 56.0 Å². The van der Waals surface area contributed by atoms with Crippen molar-refractivity contribution in [3.05, 3.63) is 48.6 Å². The SMILES string of the molecule is C=CC[C@@]1(C#N)C(=O)N(C(C)(C)C)[C@@H]1c1ccccc1. The lowest BCUT2D eigenvalue weighted by Crippen LogP contribution is -2.68. The van der Waals surface area contributed by atoms with Crippen LogP contribution in [0.5, 0.6) is 0 Å². The maximum absolute atomic E-state index is 12.6. The lowest BCUT2D eigenvalue weighted by molar-refractivity contribution is -0.176. The monoisotopic (exact) mass is 268 g/mol. The predicted octanol–water partition coefficient (Wildman–Crippen LogP) is 3.45. The van der Waals surface area contributed by atoms with Gasteiger partial charge in [-0.2, -0.15) is 5.26 Å². The van der Waals surface area contributed by atoms with Crippen LogP contribution >= 0.6 is 0 Å². The summed E-state index contributed by atoms with van der Waals surface area (Å²) in [5, 5.41) is 9.61. The molecule has 3 nitrogen and oxygen atoms in total. The van der Waals surface area contributed by atoms with E-state index < -0.39 is 5.41 Å². The topological polar surface area (TPSA) is 44.1 Å². The van der Waals surface area contributed by atoms with Crippen LogP contribution in [0, 0.1) is 16.7 Å².